The van der Waals surface area contributed by atoms with E-state index < -0.39 is 0 Å². The summed E-state index contributed by atoms with van der Waals surface area (Å²) < 4.78 is 5.12. The van der Waals surface area contributed by atoms with Gasteiger partial charge in [0.2, 0.25) is 0 Å². The van der Waals surface area contributed by atoms with Gasteiger partial charge >= 0.3 is 5.97 Å². The number of carbonyl (C=O) groups is 2. The Kier molecular flexibility index (Phi) is 3.03. The molecule has 0 aromatic heterocycles. The third-order valence-electron chi connectivity index (χ3n) is 5.21. The summed E-state index contributed by atoms with van der Waals surface area (Å²) in [4.78, 5) is 24.8. The second kappa shape index (κ2) is 4.46. The summed E-state index contributed by atoms with van der Waals surface area (Å²) in [5.41, 5.74) is 1.50. The molecule has 4 atom stereocenters. The molecule has 3 aliphatic carbocycles. The van der Waals surface area contributed by atoms with Crippen LogP contribution in [0.1, 0.15) is 40.0 Å². The van der Waals surface area contributed by atoms with Crippen molar-refractivity contribution in [2.75, 3.05) is 6.61 Å². The van der Waals surface area contributed by atoms with Crippen molar-refractivity contribution in [2.24, 2.45) is 29.6 Å². The van der Waals surface area contributed by atoms with E-state index in [4.69, 9.17) is 4.74 Å². The number of ketones is 1. The minimum absolute atomic E-state index is 0.0827. The van der Waals surface area contributed by atoms with E-state index in [9.17, 15) is 9.59 Å². The summed E-state index contributed by atoms with van der Waals surface area (Å²) in [5, 5.41) is 0. The van der Waals surface area contributed by atoms with E-state index in [1.807, 2.05) is 0 Å². The van der Waals surface area contributed by atoms with Gasteiger partial charge in [0.15, 0.2) is 5.78 Å². The van der Waals surface area contributed by atoms with E-state index in [1.54, 1.807) is 6.92 Å². The number of Topliss-reactive ketones (excluding diaryl/α,β-unsaturated/α-hetero) is 1. The Hall–Kier alpha value is -1.12. The van der Waals surface area contributed by atoms with Crippen LogP contribution in [0.25, 0.3) is 0 Å². The first-order valence-corrected chi connectivity index (χ1v) is 7.51. The minimum Gasteiger partial charge on any atom is -0.462 e. The van der Waals surface area contributed by atoms with Crippen molar-refractivity contribution in [3.63, 3.8) is 0 Å². The van der Waals surface area contributed by atoms with Gasteiger partial charge in [-0.1, -0.05) is 13.8 Å². The second-order valence-corrected chi connectivity index (χ2v) is 6.45. The Morgan fingerprint density at radius 2 is 1.89 bits per heavy atom. The molecule has 2 fully saturated rings. The van der Waals surface area contributed by atoms with Crippen LogP contribution in [-0.2, 0) is 14.3 Å². The summed E-state index contributed by atoms with van der Waals surface area (Å²) in [6, 6.07) is 0. The number of hydrogen-bond donors (Lipinski definition) is 0. The van der Waals surface area contributed by atoms with Crippen LogP contribution in [0.5, 0.6) is 0 Å². The lowest BCUT2D eigenvalue weighted by Gasteiger charge is -2.27. The van der Waals surface area contributed by atoms with Gasteiger partial charge in [0, 0.05) is 5.92 Å². The van der Waals surface area contributed by atoms with Gasteiger partial charge in [0.05, 0.1) is 6.61 Å². The SMILES string of the molecule is CCOC(=O)C1=C(C(C)C)[C@H]2[C@@H]3CC[C@@H](C3)[C@H]2C1=O. The molecule has 3 heteroatoms. The number of fused-ring (bicyclic) bond motifs is 5. The maximum absolute atomic E-state index is 12.6. The molecule has 0 amide bonds. The van der Waals surface area contributed by atoms with Crippen LogP contribution in [0.4, 0.5) is 0 Å². The van der Waals surface area contributed by atoms with Gasteiger partial charge in [-0.2, -0.15) is 0 Å². The molecule has 19 heavy (non-hydrogen) atoms. The van der Waals surface area contributed by atoms with Gasteiger partial charge in [0.1, 0.15) is 5.57 Å². The van der Waals surface area contributed by atoms with Crippen LogP contribution in [-0.4, -0.2) is 18.4 Å². The molecule has 2 bridgehead atoms. The largest absolute Gasteiger partial charge is 0.462 e. The zero-order valence-corrected chi connectivity index (χ0v) is 11.9. The highest BCUT2D eigenvalue weighted by atomic mass is 16.5. The van der Waals surface area contributed by atoms with Crippen LogP contribution >= 0.6 is 0 Å². The zero-order chi connectivity index (χ0) is 13.7. The summed E-state index contributed by atoms with van der Waals surface area (Å²) in [6.07, 6.45) is 3.58. The van der Waals surface area contributed by atoms with Crippen LogP contribution in [0.3, 0.4) is 0 Å². The Morgan fingerprint density at radius 1 is 1.26 bits per heavy atom. The molecule has 0 aromatic rings. The number of ether oxygens (including phenoxy) is 1. The van der Waals surface area contributed by atoms with Crippen molar-refractivity contribution in [2.45, 2.75) is 40.0 Å². The molecule has 0 radical (unpaired) electrons. The molecule has 0 aliphatic heterocycles. The Bertz CT molecular complexity index is 461. The monoisotopic (exact) mass is 262 g/mol. The Balaban J connectivity index is 2.02. The molecule has 0 saturated heterocycles. The number of carbonyl (C=O) groups excluding carboxylic acids is 2. The van der Waals surface area contributed by atoms with Crippen molar-refractivity contribution in [1.82, 2.24) is 0 Å². The molecule has 3 aliphatic rings. The number of rotatable bonds is 3. The summed E-state index contributed by atoms with van der Waals surface area (Å²) >= 11 is 0. The molecule has 3 rings (SSSR count). The lowest BCUT2D eigenvalue weighted by Crippen LogP contribution is -2.26. The summed E-state index contributed by atoms with van der Waals surface area (Å²) in [5.74, 6) is 1.54. The normalized spacial score (nSPS) is 36.3. The van der Waals surface area contributed by atoms with E-state index >= 15 is 0 Å². The van der Waals surface area contributed by atoms with Crippen molar-refractivity contribution >= 4 is 11.8 Å². The summed E-state index contributed by atoms with van der Waals surface area (Å²) in [6.45, 7) is 6.31. The van der Waals surface area contributed by atoms with E-state index in [0.29, 0.717) is 29.9 Å². The van der Waals surface area contributed by atoms with Gasteiger partial charge in [0.25, 0.3) is 0 Å². The minimum atomic E-state index is -0.384. The molecular formula is C16H22O3. The first-order chi connectivity index (χ1) is 9.06. The average molecular weight is 262 g/mol. The second-order valence-electron chi connectivity index (χ2n) is 6.45. The number of esters is 1. The predicted molar refractivity (Wildman–Crippen MR) is 71.3 cm³/mol. The maximum atomic E-state index is 12.6. The maximum Gasteiger partial charge on any atom is 0.341 e. The fourth-order valence-corrected chi connectivity index (χ4v) is 4.69. The van der Waals surface area contributed by atoms with Crippen LogP contribution in [0, 0.1) is 29.6 Å². The van der Waals surface area contributed by atoms with Gasteiger partial charge in [-0.05, 0) is 55.4 Å². The van der Waals surface area contributed by atoms with Crippen LogP contribution in [0.2, 0.25) is 0 Å². The third kappa shape index (κ3) is 1.70. The molecule has 0 aromatic carbocycles. The molecule has 0 unspecified atom stereocenters. The smallest absolute Gasteiger partial charge is 0.341 e. The molecule has 2 saturated carbocycles. The van der Waals surface area contributed by atoms with Crippen molar-refractivity contribution < 1.29 is 14.3 Å². The van der Waals surface area contributed by atoms with Gasteiger partial charge in [-0.25, -0.2) is 4.79 Å². The fraction of sp³-hybridized carbons (Fsp3) is 0.750. The molecular weight excluding hydrogens is 240 g/mol. The number of allylic oxidation sites excluding steroid dienone is 1. The van der Waals surface area contributed by atoms with Gasteiger partial charge in [-0.3, -0.25) is 4.79 Å². The van der Waals surface area contributed by atoms with Crippen LogP contribution in [0.15, 0.2) is 11.1 Å². The first kappa shape index (κ1) is 12.9. The molecule has 0 N–H and O–H groups in total. The lowest BCUT2D eigenvalue weighted by atomic mass is 9.76. The summed E-state index contributed by atoms with van der Waals surface area (Å²) in [7, 11) is 0. The first-order valence-electron chi connectivity index (χ1n) is 7.51. The molecule has 3 nitrogen and oxygen atoms in total. The molecule has 0 spiro atoms. The highest BCUT2D eigenvalue weighted by molar-refractivity contribution is 6.21. The number of hydrogen-bond acceptors (Lipinski definition) is 3. The Labute approximate surface area is 114 Å². The average Bonchev–Trinajstić information content (AvgIpc) is 3.00. The third-order valence-corrected chi connectivity index (χ3v) is 5.21. The van der Waals surface area contributed by atoms with Crippen LogP contribution < -0.4 is 0 Å². The molecule has 0 heterocycles. The highest BCUT2D eigenvalue weighted by Gasteiger charge is 2.58. The lowest BCUT2D eigenvalue weighted by molar-refractivity contribution is -0.140. The quantitative estimate of drug-likeness (QED) is 0.580. The Morgan fingerprint density at radius 3 is 2.47 bits per heavy atom. The fourth-order valence-electron chi connectivity index (χ4n) is 4.69. The zero-order valence-electron chi connectivity index (χ0n) is 11.9. The highest BCUT2D eigenvalue weighted by Crippen LogP contribution is 2.60. The van der Waals surface area contributed by atoms with Crippen molar-refractivity contribution in [3.8, 4) is 0 Å². The predicted octanol–water partition coefficient (Wildman–Crippen LogP) is 2.75. The van der Waals surface area contributed by atoms with Gasteiger partial charge in [-0.15, -0.1) is 0 Å². The van der Waals surface area contributed by atoms with E-state index in [2.05, 4.69) is 13.8 Å². The standard InChI is InChI=1S/C16H22O3/c1-4-19-16(18)14-11(8(2)3)12-9-5-6-10(7-9)13(12)15(14)17/h8-10,12-13H,4-7H2,1-3H3/t9-,10+,12-,13-/m1/s1. The van der Waals surface area contributed by atoms with Gasteiger partial charge < -0.3 is 4.74 Å². The van der Waals surface area contributed by atoms with E-state index in [-0.39, 0.29) is 23.6 Å². The van der Waals surface area contributed by atoms with Crippen molar-refractivity contribution in [3.05, 3.63) is 11.1 Å². The van der Waals surface area contributed by atoms with E-state index in [0.717, 1.165) is 5.57 Å². The van der Waals surface area contributed by atoms with Crippen molar-refractivity contribution in [1.29, 1.82) is 0 Å². The van der Waals surface area contributed by atoms with E-state index in [1.165, 1.54) is 19.3 Å². The topological polar surface area (TPSA) is 43.4 Å². The molecule has 104 valence electrons.